The van der Waals surface area contributed by atoms with Crippen LogP contribution in [0.3, 0.4) is 0 Å². The van der Waals surface area contributed by atoms with Crippen molar-refractivity contribution in [3.63, 3.8) is 0 Å². The van der Waals surface area contributed by atoms with Gasteiger partial charge in [0.2, 0.25) is 0 Å². The first kappa shape index (κ1) is 46.1. The average Bonchev–Trinajstić information content (AvgIpc) is 3.85. The van der Waals surface area contributed by atoms with Gasteiger partial charge in [-0.25, -0.2) is 9.97 Å². The number of hydrogen-bond donors (Lipinski definition) is 0. The van der Waals surface area contributed by atoms with E-state index < -0.39 is 0 Å². The van der Waals surface area contributed by atoms with Gasteiger partial charge in [0.1, 0.15) is 17.0 Å². The van der Waals surface area contributed by atoms with Gasteiger partial charge >= 0.3 is 0 Å². The van der Waals surface area contributed by atoms with Crippen LogP contribution < -0.4 is 0 Å². The van der Waals surface area contributed by atoms with Crippen LogP contribution in [0, 0.1) is 13.8 Å². The second-order valence-electron chi connectivity index (χ2n) is 12.5. The smallest absolute Gasteiger partial charge is 0.162 e. The summed E-state index contributed by atoms with van der Waals surface area (Å²) in [6, 6.07) is 48.0. The van der Waals surface area contributed by atoms with Gasteiger partial charge < -0.3 is 4.42 Å². The molecule has 0 amide bonds. The Balaban J connectivity index is 0.000000267. The summed E-state index contributed by atoms with van der Waals surface area (Å²) in [5.41, 5.74) is 8.68. The lowest BCUT2D eigenvalue weighted by Crippen LogP contribution is -2.02. The van der Waals surface area contributed by atoms with Gasteiger partial charge in [-0.1, -0.05) is 175 Å². The molecule has 0 aliphatic rings. The van der Waals surface area contributed by atoms with Crippen LogP contribution in [0.15, 0.2) is 168 Å². The van der Waals surface area contributed by atoms with Gasteiger partial charge in [-0.15, -0.1) is 0 Å². The van der Waals surface area contributed by atoms with E-state index in [1.165, 1.54) is 38.2 Å². The average molecular weight is 770 g/mol. The van der Waals surface area contributed by atoms with E-state index in [-0.39, 0.29) is 0 Å². The van der Waals surface area contributed by atoms with Crippen molar-refractivity contribution in [1.29, 1.82) is 0 Å². The van der Waals surface area contributed by atoms with Gasteiger partial charge in [-0.2, -0.15) is 0 Å². The fourth-order valence-corrected chi connectivity index (χ4v) is 6.14. The summed E-state index contributed by atoms with van der Waals surface area (Å²) in [6.07, 6.45) is 8.00. The molecule has 0 aliphatic carbocycles. The van der Waals surface area contributed by atoms with E-state index in [2.05, 4.69) is 115 Å². The minimum Gasteiger partial charge on any atom is -0.456 e. The highest BCUT2D eigenvalue weighted by atomic mass is 16.3. The van der Waals surface area contributed by atoms with Crippen molar-refractivity contribution in [2.24, 2.45) is 0 Å². The molecule has 0 unspecified atom stereocenters. The predicted octanol–water partition coefficient (Wildman–Crippen LogP) is 16.8. The fourth-order valence-electron chi connectivity index (χ4n) is 6.14. The first-order chi connectivity index (χ1) is 28.5. The number of fused-ring (bicyclic) bond motifs is 7. The minimum atomic E-state index is 0.739. The van der Waals surface area contributed by atoms with Crippen molar-refractivity contribution in [2.75, 3.05) is 0 Å². The van der Waals surface area contributed by atoms with Gasteiger partial charge in [0, 0.05) is 32.5 Å². The van der Waals surface area contributed by atoms with Crippen LogP contribution >= 0.6 is 0 Å². The molecule has 4 nitrogen and oxygen atoms in total. The maximum absolute atomic E-state index is 5.78. The third-order valence-corrected chi connectivity index (χ3v) is 8.92. The molecule has 6 aromatic carbocycles. The molecule has 0 radical (unpaired) electrons. The largest absolute Gasteiger partial charge is 0.456 e. The second kappa shape index (κ2) is 24.4. The Bertz CT molecular complexity index is 2620. The van der Waals surface area contributed by atoms with Crippen molar-refractivity contribution in [3.05, 3.63) is 175 Å². The summed E-state index contributed by atoms with van der Waals surface area (Å²) in [5.74, 6) is 1.65. The summed E-state index contributed by atoms with van der Waals surface area (Å²) >= 11 is 0. The molecular formula is C54H63N3O. The number of allylic oxidation sites excluding steroid dienone is 4. The lowest BCUT2D eigenvalue weighted by atomic mass is 10.1. The molecule has 4 heteroatoms. The molecule has 300 valence electrons. The van der Waals surface area contributed by atoms with Gasteiger partial charge in [0.15, 0.2) is 5.82 Å². The maximum Gasteiger partial charge on any atom is 0.162 e. The molecular weight excluding hydrogens is 707 g/mol. The Kier molecular flexibility index (Phi) is 19.4. The molecule has 0 N–H and O–H groups in total. The number of hydrogen-bond acceptors (Lipinski definition) is 3. The zero-order valence-corrected chi connectivity index (χ0v) is 36.8. The number of nitrogens with zero attached hydrogens (tertiary/aromatic N) is 3. The monoisotopic (exact) mass is 769 g/mol. The lowest BCUT2D eigenvalue weighted by Gasteiger charge is -2.12. The second-order valence-corrected chi connectivity index (χ2v) is 12.5. The highest BCUT2D eigenvalue weighted by Gasteiger charge is 2.17. The van der Waals surface area contributed by atoms with Crippen LogP contribution in [0.4, 0.5) is 0 Å². The first-order valence-corrected chi connectivity index (χ1v) is 20.8. The van der Waals surface area contributed by atoms with Gasteiger partial charge in [0.05, 0.1) is 16.6 Å². The van der Waals surface area contributed by atoms with E-state index in [9.17, 15) is 0 Å². The van der Waals surface area contributed by atoms with Crippen molar-refractivity contribution < 1.29 is 4.42 Å². The van der Waals surface area contributed by atoms with Crippen molar-refractivity contribution in [2.45, 2.75) is 83.1 Å². The Morgan fingerprint density at radius 1 is 0.466 bits per heavy atom. The molecule has 58 heavy (non-hydrogen) atoms. The van der Waals surface area contributed by atoms with E-state index in [0.29, 0.717) is 0 Å². The zero-order valence-electron chi connectivity index (χ0n) is 36.8. The summed E-state index contributed by atoms with van der Waals surface area (Å²) < 4.78 is 8.07. The SMILES string of the molecule is C/C=C\C.C/C=C\C.CC.CC.CC.Cc1ccc2c3ccccc3n(-c3nc(-c4ccccc4)nc4ccccc34)c2c1.Cc1cccc2c1oc1ccccc12. The lowest BCUT2D eigenvalue weighted by molar-refractivity contribution is 0.666. The van der Waals surface area contributed by atoms with Gasteiger partial charge in [-0.3, -0.25) is 4.57 Å². The first-order valence-electron chi connectivity index (χ1n) is 20.8. The molecule has 9 aromatic rings. The van der Waals surface area contributed by atoms with E-state index >= 15 is 0 Å². The molecule has 0 fully saturated rings. The maximum atomic E-state index is 5.78. The normalized spacial score (nSPS) is 10.3. The number of aromatic nitrogens is 3. The number of rotatable bonds is 2. The number of furan rings is 1. The summed E-state index contributed by atoms with van der Waals surface area (Å²) in [7, 11) is 0. The minimum absolute atomic E-state index is 0.739. The van der Waals surface area contributed by atoms with E-state index in [4.69, 9.17) is 14.4 Å². The van der Waals surface area contributed by atoms with Crippen LogP contribution in [0.2, 0.25) is 0 Å². The number of benzene rings is 6. The Hall–Kier alpha value is -6.26. The fraction of sp³-hybridized carbons (Fsp3) is 0.222. The summed E-state index contributed by atoms with van der Waals surface area (Å²) in [6.45, 7) is 24.2. The predicted molar refractivity (Wildman–Crippen MR) is 258 cm³/mol. The molecule has 9 rings (SSSR count). The topological polar surface area (TPSA) is 43.9 Å². The van der Waals surface area contributed by atoms with Crippen LogP contribution in [-0.2, 0) is 0 Å². The Labute approximate surface area is 347 Å². The number of aryl methyl sites for hydroxylation is 2. The molecule has 0 saturated carbocycles. The van der Waals surface area contributed by atoms with Gasteiger partial charge in [0.25, 0.3) is 0 Å². The van der Waals surface area contributed by atoms with E-state index in [1.54, 1.807) is 0 Å². The molecule has 0 bridgehead atoms. The molecule has 0 saturated heterocycles. The van der Waals surface area contributed by atoms with Crippen LogP contribution in [-0.4, -0.2) is 14.5 Å². The summed E-state index contributed by atoms with van der Waals surface area (Å²) in [5, 5.41) is 5.92. The number of para-hydroxylation sites is 4. The molecule has 0 atom stereocenters. The quantitative estimate of drug-likeness (QED) is 0.164. The van der Waals surface area contributed by atoms with E-state index in [1.807, 2.05) is 136 Å². The molecule has 0 spiro atoms. The van der Waals surface area contributed by atoms with Crippen LogP contribution in [0.5, 0.6) is 0 Å². The van der Waals surface area contributed by atoms with Crippen molar-refractivity contribution >= 4 is 54.6 Å². The van der Waals surface area contributed by atoms with Crippen molar-refractivity contribution in [1.82, 2.24) is 14.5 Å². The van der Waals surface area contributed by atoms with Crippen molar-refractivity contribution in [3.8, 4) is 17.2 Å². The molecule has 3 aromatic heterocycles. The Morgan fingerprint density at radius 3 is 1.66 bits per heavy atom. The van der Waals surface area contributed by atoms with Crippen LogP contribution in [0.25, 0.3) is 71.9 Å². The third kappa shape index (κ3) is 11.0. The Morgan fingerprint density at radius 2 is 1.00 bits per heavy atom. The molecule has 0 aliphatic heterocycles. The standard InChI is InChI=1S/C27H19N3.C13H10O.2C4H8.3C2H6/c1-18-15-16-21-20-11-6-8-14-24(20)30(25(21)17-18)27-22-12-5-7-13-23(22)28-26(29-27)19-9-3-2-4-10-19;1-9-5-4-7-11-10-6-2-3-8-12(10)14-13(9)11;2*1-3-4-2;3*1-2/h2-17H,1H3;2-8H,1H3;2*3-4H,1-2H3;3*1-2H3/b;;2*4-3-;;;. The van der Waals surface area contributed by atoms with Crippen LogP contribution in [0.1, 0.15) is 80.4 Å². The third-order valence-electron chi connectivity index (χ3n) is 8.92. The summed E-state index contributed by atoms with van der Waals surface area (Å²) in [4.78, 5) is 9.96. The highest BCUT2D eigenvalue weighted by molar-refractivity contribution is 6.10. The highest BCUT2D eigenvalue weighted by Crippen LogP contribution is 2.35. The van der Waals surface area contributed by atoms with Gasteiger partial charge in [-0.05, 0) is 83.0 Å². The molecule has 3 heterocycles. The zero-order chi connectivity index (χ0) is 42.5. The van der Waals surface area contributed by atoms with E-state index in [0.717, 1.165) is 44.8 Å².